The predicted octanol–water partition coefficient (Wildman–Crippen LogP) is 2.67. The minimum absolute atomic E-state index is 0.0590. The molecule has 106 valence electrons. The van der Waals surface area contributed by atoms with E-state index >= 15 is 0 Å². The molecule has 0 spiro atoms. The van der Waals surface area contributed by atoms with Crippen LogP contribution in [-0.4, -0.2) is 11.9 Å². The molecule has 1 aromatic heterocycles. The summed E-state index contributed by atoms with van der Waals surface area (Å²) in [7, 11) is 0. The first-order chi connectivity index (χ1) is 9.50. The zero-order valence-electron chi connectivity index (χ0n) is 11.8. The topological polar surface area (TPSA) is 55.1 Å². The number of hydrogen-bond donors (Lipinski definition) is 2. The first-order valence-electron chi connectivity index (χ1n) is 6.66. The summed E-state index contributed by atoms with van der Waals surface area (Å²) in [4.78, 5) is 12.4. The van der Waals surface area contributed by atoms with E-state index < -0.39 is 5.54 Å². The van der Waals surface area contributed by atoms with Crippen molar-refractivity contribution in [1.82, 2.24) is 5.32 Å². The van der Waals surface area contributed by atoms with Gasteiger partial charge in [0.1, 0.15) is 5.54 Å². The number of carbonyl (C=O) groups is 1. The molecule has 1 aromatic carbocycles. The highest BCUT2D eigenvalue weighted by molar-refractivity contribution is 7.07. The summed E-state index contributed by atoms with van der Waals surface area (Å²) in [6.45, 7) is 3.74. The van der Waals surface area contributed by atoms with Crippen molar-refractivity contribution in [2.45, 2.75) is 31.8 Å². The monoisotopic (exact) mass is 288 g/mol. The van der Waals surface area contributed by atoms with Crippen molar-refractivity contribution in [2.75, 3.05) is 0 Å². The van der Waals surface area contributed by atoms with Gasteiger partial charge in [-0.15, -0.1) is 0 Å². The Kier molecular flexibility index (Phi) is 4.57. The van der Waals surface area contributed by atoms with Gasteiger partial charge in [-0.3, -0.25) is 4.79 Å². The van der Waals surface area contributed by atoms with Crippen molar-refractivity contribution in [2.24, 2.45) is 5.73 Å². The van der Waals surface area contributed by atoms with Gasteiger partial charge >= 0.3 is 0 Å². The molecule has 4 heteroatoms. The van der Waals surface area contributed by atoms with Crippen LogP contribution in [0.5, 0.6) is 0 Å². The van der Waals surface area contributed by atoms with Crippen LogP contribution >= 0.6 is 11.3 Å². The third kappa shape index (κ3) is 3.46. The van der Waals surface area contributed by atoms with Crippen molar-refractivity contribution in [3.8, 4) is 0 Å². The molecule has 0 radical (unpaired) electrons. The second-order valence-corrected chi connectivity index (χ2v) is 6.06. The van der Waals surface area contributed by atoms with E-state index in [4.69, 9.17) is 5.73 Å². The standard InChI is InChI=1S/C16H20N2OS/c1-12(10-13-8-9-20-11-13)18-15(19)16(2,17)14-6-4-3-5-7-14/h3-9,11-12H,10,17H2,1-2H3,(H,18,19). The van der Waals surface area contributed by atoms with Crippen LogP contribution in [0.1, 0.15) is 25.0 Å². The SMILES string of the molecule is CC(Cc1ccsc1)NC(=O)C(C)(N)c1ccccc1. The zero-order valence-corrected chi connectivity index (χ0v) is 12.6. The Balaban J connectivity index is 2.00. The molecule has 0 bridgehead atoms. The summed E-state index contributed by atoms with van der Waals surface area (Å²) >= 11 is 1.67. The molecule has 1 heterocycles. The van der Waals surface area contributed by atoms with E-state index in [2.05, 4.69) is 16.8 Å². The fourth-order valence-corrected chi connectivity index (χ4v) is 2.78. The molecule has 3 nitrogen and oxygen atoms in total. The van der Waals surface area contributed by atoms with E-state index in [1.807, 2.05) is 42.6 Å². The normalized spacial score (nSPS) is 15.3. The first-order valence-corrected chi connectivity index (χ1v) is 7.61. The summed E-state index contributed by atoms with van der Waals surface area (Å²) in [6, 6.07) is 11.6. The second-order valence-electron chi connectivity index (χ2n) is 5.28. The molecular weight excluding hydrogens is 268 g/mol. The number of benzene rings is 1. The summed E-state index contributed by atoms with van der Waals surface area (Å²) in [6.07, 6.45) is 0.820. The van der Waals surface area contributed by atoms with Gasteiger partial charge in [0.15, 0.2) is 0 Å². The Bertz CT molecular complexity index is 549. The molecule has 0 aliphatic carbocycles. The van der Waals surface area contributed by atoms with Crippen LogP contribution in [0.25, 0.3) is 0 Å². The molecule has 0 aliphatic rings. The summed E-state index contributed by atoms with van der Waals surface area (Å²) in [5.41, 5.74) is 7.24. The van der Waals surface area contributed by atoms with Gasteiger partial charge in [-0.25, -0.2) is 0 Å². The molecule has 0 saturated heterocycles. The second kappa shape index (κ2) is 6.20. The number of carbonyl (C=O) groups excluding carboxylic acids is 1. The minimum Gasteiger partial charge on any atom is -0.351 e. The average molecular weight is 288 g/mol. The number of nitrogens with one attached hydrogen (secondary N) is 1. The van der Waals surface area contributed by atoms with Crippen molar-refractivity contribution in [1.29, 1.82) is 0 Å². The van der Waals surface area contributed by atoms with E-state index in [-0.39, 0.29) is 11.9 Å². The molecular formula is C16H20N2OS. The summed E-state index contributed by atoms with van der Waals surface area (Å²) in [5, 5.41) is 7.14. The highest BCUT2D eigenvalue weighted by Crippen LogP contribution is 2.18. The third-order valence-corrected chi connectivity index (χ3v) is 4.08. The van der Waals surface area contributed by atoms with Gasteiger partial charge in [-0.1, -0.05) is 30.3 Å². The van der Waals surface area contributed by atoms with Gasteiger partial charge in [0.05, 0.1) is 0 Å². The van der Waals surface area contributed by atoms with Gasteiger partial charge < -0.3 is 11.1 Å². The van der Waals surface area contributed by atoms with Crippen LogP contribution in [0.3, 0.4) is 0 Å². The number of thiophene rings is 1. The van der Waals surface area contributed by atoms with Crippen molar-refractivity contribution < 1.29 is 4.79 Å². The Morgan fingerprint density at radius 2 is 2.05 bits per heavy atom. The fourth-order valence-electron chi connectivity index (χ4n) is 2.10. The quantitative estimate of drug-likeness (QED) is 0.888. The number of hydrogen-bond acceptors (Lipinski definition) is 3. The molecule has 2 unspecified atom stereocenters. The molecule has 1 amide bonds. The van der Waals surface area contributed by atoms with Crippen molar-refractivity contribution in [3.05, 3.63) is 58.3 Å². The lowest BCUT2D eigenvalue weighted by atomic mass is 9.92. The number of nitrogens with two attached hydrogens (primary N) is 1. The van der Waals surface area contributed by atoms with Gasteiger partial charge in [-0.2, -0.15) is 11.3 Å². The molecule has 0 saturated carbocycles. The molecule has 3 N–H and O–H groups in total. The van der Waals surface area contributed by atoms with Crippen LogP contribution in [-0.2, 0) is 16.8 Å². The highest BCUT2D eigenvalue weighted by Gasteiger charge is 2.31. The van der Waals surface area contributed by atoms with E-state index in [1.165, 1.54) is 5.56 Å². The maximum Gasteiger partial charge on any atom is 0.244 e. The lowest BCUT2D eigenvalue weighted by Crippen LogP contribution is -2.51. The van der Waals surface area contributed by atoms with E-state index in [0.717, 1.165) is 12.0 Å². The number of rotatable bonds is 5. The largest absolute Gasteiger partial charge is 0.351 e. The molecule has 2 rings (SSSR count). The van der Waals surface area contributed by atoms with Gasteiger partial charge in [0.25, 0.3) is 0 Å². The molecule has 0 fully saturated rings. The van der Waals surface area contributed by atoms with Crippen LogP contribution in [0.2, 0.25) is 0 Å². The Labute approximate surface area is 123 Å². The summed E-state index contributed by atoms with van der Waals surface area (Å²) in [5.74, 6) is -0.147. The van der Waals surface area contributed by atoms with E-state index in [9.17, 15) is 4.79 Å². The average Bonchev–Trinajstić information content (AvgIpc) is 2.92. The Morgan fingerprint density at radius 1 is 1.35 bits per heavy atom. The smallest absolute Gasteiger partial charge is 0.244 e. The molecule has 2 aromatic rings. The maximum absolute atomic E-state index is 12.4. The third-order valence-electron chi connectivity index (χ3n) is 3.34. The molecule has 2 atom stereocenters. The summed E-state index contributed by atoms with van der Waals surface area (Å²) < 4.78 is 0. The van der Waals surface area contributed by atoms with E-state index in [1.54, 1.807) is 18.3 Å². The van der Waals surface area contributed by atoms with Crippen LogP contribution in [0.15, 0.2) is 47.2 Å². The van der Waals surface area contributed by atoms with Crippen LogP contribution in [0.4, 0.5) is 0 Å². The lowest BCUT2D eigenvalue weighted by Gasteiger charge is -2.26. The Hall–Kier alpha value is -1.65. The Morgan fingerprint density at radius 3 is 2.65 bits per heavy atom. The highest BCUT2D eigenvalue weighted by atomic mass is 32.1. The van der Waals surface area contributed by atoms with Crippen LogP contribution < -0.4 is 11.1 Å². The molecule has 0 aliphatic heterocycles. The van der Waals surface area contributed by atoms with Crippen LogP contribution in [0, 0.1) is 0 Å². The molecule has 20 heavy (non-hydrogen) atoms. The zero-order chi connectivity index (χ0) is 14.6. The van der Waals surface area contributed by atoms with E-state index in [0.29, 0.717) is 0 Å². The van der Waals surface area contributed by atoms with Gasteiger partial charge in [0, 0.05) is 6.04 Å². The minimum atomic E-state index is -1.01. The fraction of sp³-hybridized carbons (Fsp3) is 0.312. The lowest BCUT2D eigenvalue weighted by molar-refractivity contribution is -0.126. The van der Waals surface area contributed by atoms with Gasteiger partial charge in [-0.05, 0) is 48.2 Å². The predicted molar refractivity (Wildman–Crippen MR) is 83.6 cm³/mol. The van der Waals surface area contributed by atoms with Gasteiger partial charge in [0.2, 0.25) is 5.91 Å². The first kappa shape index (κ1) is 14.8. The van der Waals surface area contributed by atoms with Crippen molar-refractivity contribution >= 4 is 17.2 Å². The van der Waals surface area contributed by atoms with Crippen molar-refractivity contribution in [3.63, 3.8) is 0 Å². The number of amides is 1. The maximum atomic E-state index is 12.4.